The number of hydrogen-bond donors (Lipinski definition) is 0. The van der Waals surface area contributed by atoms with E-state index in [0.29, 0.717) is 35.3 Å². The summed E-state index contributed by atoms with van der Waals surface area (Å²) >= 11 is 20.0. The maximum Gasteiger partial charge on any atom is 0.307 e. The van der Waals surface area contributed by atoms with Crippen LogP contribution in [-0.2, 0) is 13.7 Å². The van der Waals surface area contributed by atoms with Crippen LogP contribution in [0.5, 0.6) is 0 Å². The van der Waals surface area contributed by atoms with E-state index in [9.17, 15) is 8.42 Å². The standard InChI is InChI=1S/C25H19Cl3O3S2/c1-18-10-2-6-14-22(18)33(29,30)31-32(23-15-7-3-11-19(23)26,24-16-8-4-12-20(24)27)25-17-9-5-13-21(25)28/h2-17H,1H3. The quantitative estimate of drug-likeness (QED) is 0.247. The Kier molecular flexibility index (Phi) is 7.10. The summed E-state index contributed by atoms with van der Waals surface area (Å²) in [6, 6.07) is 27.6. The van der Waals surface area contributed by atoms with Crippen molar-refractivity contribution in [3.8, 4) is 0 Å². The molecule has 3 nitrogen and oxygen atoms in total. The van der Waals surface area contributed by atoms with Crippen LogP contribution < -0.4 is 0 Å². The van der Waals surface area contributed by atoms with Crippen molar-refractivity contribution in [3.05, 3.63) is 118 Å². The van der Waals surface area contributed by atoms with E-state index in [2.05, 4.69) is 0 Å². The molecule has 4 aromatic rings. The zero-order valence-electron chi connectivity index (χ0n) is 17.4. The highest BCUT2D eigenvalue weighted by atomic mass is 35.5. The third-order valence-corrected chi connectivity index (χ3v) is 11.8. The van der Waals surface area contributed by atoms with Crippen molar-refractivity contribution < 1.29 is 12.0 Å². The third kappa shape index (κ3) is 4.54. The second kappa shape index (κ2) is 9.71. The van der Waals surface area contributed by atoms with Gasteiger partial charge in [-0.15, -0.1) is 0 Å². The molecular weight excluding hydrogens is 519 g/mol. The second-order valence-corrected chi connectivity index (χ2v) is 12.7. The van der Waals surface area contributed by atoms with E-state index in [1.54, 1.807) is 97.9 Å². The molecule has 0 aromatic heterocycles. The van der Waals surface area contributed by atoms with E-state index in [1.165, 1.54) is 6.07 Å². The predicted octanol–water partition coefficient (Wildman–Crippen LogP) is 8.56. The van der Waals surface area contributed by atoms with E-state index < -0.39 is 20.4 Å². The summed E-state index contributed by atoms with van der Waals surface area (Å²) in [6.45, 7) is 1.72. The average molecular weight is 538 g/mol. The highest BCUT2D eigenvalue weighted by Gasteiger charge is 2.42. The van der Waals surface area contributed by atoms with Crippen LogP contribution in [0.15, 0.2) is 117 Å². The lowest BCUT2D eigenvalue weighted by Gasteiger charge is -2.40. The molecule has 0 radical (unpaired) electrons. The van der Waals surface area contributed by atoms with Crippen LogP contribution in [0.2, 0.25) is 15.1 Å². The molecule has 0 aliphatic carbocycles. The third-order valence-electron chi connectivity index (χ3n) is 4.99. The lowest BCUT2D eigenvalue weighted by atomic mass is 10.2. The second-order valence-electron chi connectivity index (χ2n) is 7.14. The van der Waals surface area contributed by atoms with Crippen molar-refractivity contribution in [1.29, 1.82) is 0 Å². The van der Waals surface area contributed by atoms with Crippen molar-refractivity contribution in [1.82, 2.24) is 0 Å². The largest absolute Gasteiger partial charge is 0.307 e. The zero-order valence-corrected chi connectivity index (χ0v) is 21.3. The van der Waals surface area contributed by atoms with Gasteiger partial charge in [-0.05, 0) is 65.3 Å². The summed E-state index contributed by atoms with van der Waals surface area (Å²) in [4.78, 5) is 1.49. The van der Waals surface area contributed by atoms with Gasteiger partial charge < -0.3 is 0 Å². The maximum atomic E-state index is 13.8. The fourth-order valence-corrected chi connectivity index (χ4v) is 10.4. The molecule has 0 N–H and O–H groups in total. The van der Waals surface area contributed by atoms with E-state index >= 15 is 0 Å². The van der Waals surface area contributed by atoms with Crippen molar-refractivity contribution in [2.45, 2.75) is 26.5 Å². The van der Waals surface area contributed by atoms with Gasteiger partial charge in [0.2, 0.25) is 0 Å². The summed E-state index contributed by atoms with van der Waals surface area (Å²) in [5.74, 6) is 0. The number of aryl methyl sites for hydroxylation is 1. The Hall–Kier alpha value is -1.99. The summed E-state index contributed by atoms with van der Waals surface area (Å²) in [7, 11) is -7.31. The minimum absolute atomic E-state index is 0.0630. The molecule has 0 aliphatic rings. The summed E-state index contributed by atoms with van der Waals surface area (Å²) in [5, 5.41) is 1.02. The summed E-state index contributed by atoms with van der Waals surface area (Å²) < 4.78 is 33.9. The Morgan fingerprint density at radius 1 is 0.545 bits per heavy atom. The van der Waals surface area contributed by atoms with Gasteiger partial charge in [0.15, 0.2) is 0 Å². The number of halogens is 3. The van der Waals surface area contributed by atoms with E-state index in [4.69, 9.17) is 38.4 Å². The Morgan fingerprint density at radius 2 is 0.879 bits per heavy atom. The number of rotatable bonds is 6. The lowest BCUT2D eigenvalue weighted by molar-refractivity contribution is 0.507. The fourth-order valence-electron chi connectivity index (χ4n) is 3.51. The van der Waals surface area contributed by atoms with Crippen LogP contribution in [0.1, 0.15) is 5.56 Å². The molecule has 33 heavy (non-hydrogen) atoms. The van der Waals surface area contributed by atoms with Crippen molar-refractivity contribution in [2.75, 3.05) is 0 Å². The highest BCUT2D eigenvalue weighted by Crippen LogP contribution is 2.74. The molecule has 4 aromatic carbocycles. The van der Waals surface area contributed by atoms with Gasteiger partial charge in [0.05, 0.1) is 20.0 Å². The van der Waals surface area contributed by atoms with Crippen molar-refractivity contribution in [2.24, 2.45) is 0 Å². The zero-order chi connectivity index (χ0) is 23.6. The molecule has 0 bridgehead atoms. The van der Waals surface area contributed by atoms with Crippen LogP contribution in [-0.4, -0.2) is 8.42 Å². The molecule has 170 valence electrons. The topological polar surface area (TPSA) is 43.4 Å². The Labute approximate surface area is 210 Å². The maximum absolute atomic E-state index is 13.8. The molecule has 0 atom stereocenters. The van der Waals surface area contributed by atoms with E-state index in [1.807, 2.05) is 0 Å². The Balaban J connectivity index is 2.14. The SMILES string of the molecule is Cc1ccccc1S(=O)(=O)OS(c1ccccc1Cl)(c1ccccc1Cl)c1ccccc1Cl. The molecule has 0 fully saturated rings. The van der Waals surface area contributed by atoms with Gasteiger partial charge in [-0.2, -0.15) is 8.42 Å². The molecule has 0 spiro atoms. The molecule has 8 heteroatoms. The van der Waals surface area contributed by atoms with Crippen LogP contribution in [0.4, 0.5) is 0 Å². The minimum atomic E-state index is -4.28. The van der Waals surface area contributed by atoms with Gasteiger partial charge in [-0.25, -0.2) is 3.63 Å². The molecule has 4 rings (SSSR count). The first-order chi connectivity index (χ1) is 15.8. The van der Waals surface area contributed by atoms with Gasteiger partial charge in [0.1, 0.15) is 0 Å². The van der Waals surface area contributed by atoms with Crippen molar-refractivity contribution >= 4 is 55.2 Å². The van der Waals surface area contributed by atoms with Gasteiger partial charge in [0.25, 0.3) is 0 Å². The summed E-state index contributed by atoms with van der Waals surface area (Å²) in [6.07, 6.45) is 0. The van der Waals surface area contributed by atoms with Gasteiger partial charge in [0, 0.05) is 14.7 Å². The Morgan fingerprint density at radius 3 is 1.24 bits per heavy atom. The van der Waals surface area contributed by atoms with Gasteiger partial charge >= 0.3 is 10.1 Å². The first-order valence-electron chi connectivity index (χ1n) is 9.86. The normalized spacial score (nSPS) is 12.5. The molecule has 0 aliphatic heterocycles. The first kappa shape index (κ1) is 24.1. The average Bonchev–Trinajstić information content (AvgIpc) is 2.79. The van der Waals surface area contributed by atoms with Crippen molar-refractivity contribution in [3.63, 3.8) is 0 Å². The lowest BCUT2D eigenvalue weighted by Crippen LogP contribution is -2.16. The molecule has 0 unspecified atom stereocenters. The Bertz CT molecular complexity index is 1310. The fraction of sp³-hybridized carbons (Fsp3) is 0.0400. The molecule has 0 heterocycles. The van der Waals surface area contributed by atoms with Crippen LogP contribution >= 0.6 is 45.1 Å². The highest BCUT2D eigenvalue weighted by molar-refractivity contribution is 8.33. The number of benzene rings is 4. The molecular formula is C25H19Cl3O3S2. The minimum Gasteiger partial charge on any atom is -0.203 e. The molecule has 0 amide bonds. The predicted molar refractivity (Wildman–Crippen MR) is 136 cm³/mol. The number of hydrogen-bond acceptors (Lipinski definition) is 3. The smallest absolute Gasteiger partial charge is 0.203 e. The summed E-state index contributed by atoms with van der Waals surface area (Å²) in [5.41, 5.74) is 0.559. The first-order valence-corrected chi connectivity index (χ1v) is 14.0. The molecule has 0 saturated carbocycles. The molecule has 0 saturated heterocycles. The van der Waals surface area contributed by atoms with Gasteiger partial charge in [-0.1, -0.05) is 89.4 Å². The van der Waals surface area contributed by atoms with Crippen LogP contribution in [0, 0.1) is 6.92 Å². The van der Waals surface area contributed by atoms with Gasteiger partial charge in [-0.3, -0.25) is 0 Å². The van der Waals surface area contributed by atoms with E-state index in [-0.39, 0.29) is 4.90 Å². The van der Waals surface area contributed by atoms with Crippen LogP contribution in [0.3, 0.4) is 0 Å². The van der Waals surface area contributed by atoms with E-state index in [0.717, 1.165) is 0 Å². The van der Waals surface area contributed by atoms with Crippen LogP contribution in [0.25, 0.3) is 0 Å². The monoisotopic (exact) mass is 536 g/mol.